The smallest absolute Gasteiger partial charge is 0.460 e. The lowest BCUT2D eigenvalue weighted by molar-refractivity contribution is -0.396. The van der Waals surface area contributed by atoms with Crippen LogP contribution in [-0.2, 0) is 0 Å². The van der Waals surface area contributed by atoms with Crippen molar-refractivity contribution in [1.82, 2.24) is 0 Å². The van der Waals surface area contributed by atoms with Crippen molar-refractivity contribution in [3.63, 3.8) is 0 Å². The van der Waals surface area contributed by atoms with Crippen molar-refractivity contribution >= 4 is 11.5 Å². The van der Waals surface area contributed by atoms with Crippen LogP contribution >= 0.6 is 0 Å². The molecule has 0 atom stereocenters. The third-order valence-corrected chi connectivity index (χ3v) is 6.39. The van der Waals surface area contributed by atoms with Crippen molar-refractivity contribution in [2.75, 3.05) is 13.2 Å². The Kier molecular flexibility index (Phi) is 12.2. The maximum absolute atomic E-state index is 13.8. The summed E-state index contributed by atoms with van der Waals surface area (Å²) >= 11 is 0. The molecule has 0 aliphatic rings. The van der Waals surface area contributed by atoms with E-state index in [1.165, 1.54) is 20.8 Å². The van der Waals surface area contributed by atoms with Gasteiger partial charge in [0, 0.05) is 24.3 Å². The Morgan fingerprint density at radius 3 is 1.22 bits per heavy atom. The Bertz CT molecular complexity index is 1350. The van der Waals surface area contributed by atoms with Gasteiger partial charge in [-0.25, -0.2) is 0 Å². The summed E-state index contributed by atoms with van der Waals surface area (Å²) in [6.45, 7) is 0.974. The molecule has 0 amide bonds. The molecular weight excluding hydrogens is 736 g/mol. The number of rotatable bonds is 16. The van der Waals surface area contributed by atoms with Gasteiger partial charge in [-0.3, -0.25) is 14.9 Å². The number of benzene rings is 1. The second-order valence-corrected chi connectivity index (χ2v) is 11.3. The van der Waals surface area contributed by atoms with Gasteiger partial charge in [0.1, 0.15) is 0 Å². The first-order valence-corrected chi connectivity index (χ1v) is 13.0. The van der Waals surface area contributed by atoms with Gasteiger partial charge < -0.3 is 9.47 Å². The minimum atomic E-state index is -7.22. The molecule has 0 aliphatic heterocycles. The van der Waals surface area contributed by atoms with E-state index in [4.69, 9.17) is 9.47 Å². The Labute approximate surface area is 262 Å². The molecule has 49 heavy (non-hydrogen) atoms. The average molecular weight is 759 g/mol. The van der Waals surface area contributed by atoms with Crippen molar-refractivity contribution in [2.45, 2.75) is 94.3 Å². The summed E-state index contributed by atoms with van der Waals surface area (Å²) in [6.07, 6.45) is -22.1. The highest BCUT2D eigenvalue weighted by Gasteiger charge is 2.82. The molecule has 0 fully saturated rings. The number of ether oxygens (including phenoxy) is 2. The van der Waals surface area contributed by atoms with Gasteiger partial charge in [0.05, 0.1) is 29.8 Å². The van der Waals surface area contributed by atoms with Gasteiger partial charge in [-0.2, -0.15) is 79.0 Å². The number of Topliss-reactive ketones (excluding diaryl/α,β-unsaturated/α-hetero) is 1. The number of nitro groups is 1. The summed E-state index contributed by atoms with van der Waals surface area (Å²) in [4.78, 5) is 23.1. The summed E-state index contributed by atoms with van der Waals surface area (Å²) in [5, 5.41) is 11.6. The second-order valence-electron chi connectivity index (χ2n) is 11.3. The maximum atomic E-state index is 13.8. The number of carbonyl (C=O) groups excluding carboxylic acids is 1. The van der Waals surface area contributed by atoms with E-state index in [9.17, 15) is 93.9 Å². The number of alkyl halides is 18. The molecule has 0 spiro atoms. The van der Waals surface area contributed by atoms with Crippen LogP contribution in [0, 0.1) is 15.5 Å². The van der Waals surface area contributed by atoms with Crippen LogP contribution < -0.4 is 9.47 Å². The summed E-state index contributed by atoms with van der Waals surface area (Å²) in [5.41, 5.74) is -3.43. The fraction of sp³-hybridized carbons (Fsp3) is 0.720. The summed E-state index contributed by atoms with van der Waals surface area (Å²) < 4.78 is 245. The van der Waals surface area contributed by atoms with Gasteiger partial charge in [-0.05, 0) is 12.8 Å². The van der Waals surface area contributed by atoms with Crippen molar-refractivity contribution < 1.29 is 98.2 Å². The topological polar surface area (TPSA) is 78.7 Å². The number of carbonyl (C=O) groups is 1. The second kappa shape index (κ2) is 13.7. The molecule has 0 heterocycles. The van der Waals surface area contributed by atoms with Crippen LogP contribution in [0.15, 0.2) is 12.1 Å². The zero-order valence-corrected chi connectivity index (χ0v) is 24.7. The van der Waals surface area contributed by atoms with Crippen molar-refractivity contribution in [2.24, 2.45) is 5.41 Å². The van der Waals surface area contributed by atoms with E-state index in [0.717, 1.165) is 0 Å². The number of nitro benzene ring substituents is 1. The van der Waals surface area contributed by atoms with Gasteiger partial charge in [-0.15, -0.1) is 0 Å². The Morgan fingerprint density at radius 1 is 0.612 bits per heavy atom. The Hall–Kier alpha value is -3.37. The summed E-state index contributed by atoms with van der Waals surface area (Å²) in [5.74, 6) is -43.6. The van der Waals surface area contributed by atoms with E-state index < -0.39 is 126 Å². The molecule has 1 aromatic rings. The molecule has 6 nitrogen and oxygen atoms in total. The SMILES string of the molecule is CC(C)(C)C(=O)c1cc(OCCCC(F)(F)C(F)(F)C(F)(F)C(F)(F)F)c(OCCCC(F)(F)C(F)(F)C(F)(F)C(F)(F)F)cc1[N+](=O)[O-]. The molecule has 0 saturated carbocycles. The molecule has 284 valence electrons. The fourth-order valence-corrected chi connectivity index (χ4v) is 3.59. The highest BCUT2D eigenvalue weighted by Crippen LogP contribution is 2.55. The minimum absolute atomic E-state index is 0.297. The molecule has 0 bridgehead atoms. The third-order valence-electron chi connectivity index (χ3n) is 6.39. The average Bonchev–Trinajstić information content (AvgIpc) is 2.90. The van der Waals surface area contributed by atoms with E-state index in [0.29, 0.717) is 12.1 Å². The molecule has 1 rings (SSSR count). The molecular formula is C25H23F18NO5. The molecule has 0 unspecified atom stereocenters. The molecule has 24 heteroatoms. The monoisotopic (exact) mass is 759 g/mol. The zero-order valence-electron chi connectivity index (χ0n) is 24.7. The number of halogens is 18. The minimum Gasteiger partial charge on any atom is -0.490 e. The normalized spacial score (nSPS) is 14.6. The van der Waals surface area contributed by atoms with Crippen LogP contribution in [0.25, 0.3) is 0 Å². The summed E-state index contributed by atoms with van der Waals surface area (Å²) in [7, 11) is 0. The first kappa shape index (κ1) is 43.7. The maximum Gasteiger partial charge on any atom is 0.460 e. The standard InChI is InChI=1S/C25H23F18NO5/c1-17(2,3)16(45)12-10-14(48-8-4-6-18(26,27)20(30,31)22(34,35)24(38,39)40)15(11-13(12)44(46)47)49-9-5-7-19(28,29)21(32,33)23(36,37)25(41,42)43/h10-11H,4-9H2,1-3H3. The van der Waals surface area contributed by atoms with Crippen LogP contribution in [0.3, 0.4) is 0 Å². The van der Waals surface area contributed by atoms with Gasteiger partial charge in [-0.1, -0.05) is 20.8 Å². The molecule has 0 N–H and O–H groups in total. The van der Waals surface area contributed by atoms with E-state index in [2.05, 4.69) is 0 Å². The zero-order chi connectivity index (χ0) is 39.0. The number of hydrogen-bond acceptors (Lipinski definition) is 5. The number of nitrogens with zero attached hydrogens (tertiary/aromatic N) is 1. The highest BCUT2D eigenvalue weighted by atomic mass is 19.4. The fourth-order valence-electron chi connectivity index (χ4n) is 3.59. The third kappa shape index (κ3) is 8.69. The number of hydrogen-bond donors (Lipinski definition) is 0. The van der Waals surface area contributed by atoms with Gasteiger partial charge in [0.15, 0.2) is 17.3 Å². The lowest BCUT2D eigenvalue weighted by Crippen LogP contribution is -2.60. The van der Waals surface area contributed by atoms with Crippen molar-refractivity contribution in [3.8, 4) is 11.5 Å². The first-order valence-electron chi connectivity index (χ1n) is 13.0. The molecule has 0 aromatic heterocycles. The number of ketones is 1. The van der Waals surface area contributed by atoms with Gasteiger partial charge >= 0.3 is 47.9 Å². The van der Waals surface area contributed by atoms with Crippen molar-refractivity contribution in [3.05, 3.63) is 27.8 Å². The van der Waals surface area contributed by atoms with Crippen LogP contribution in [0.2, 0.25) is 0 Å². The van der Waals surface area contributed by atoms with Gasteiger partial charge in [0.25, 0.3) is 5.69 Å². The van der Waals surface area contributed by atoms with Crippen molar-refractivity contribution in [1.29, 1.82) is 0 Å². The van der Waals surface area contributed by atoms with E-state index in [-0.39, 0.29) is 0 Å². The predicted octanol–water partition coefficient (Wildman–Crippen LogP) is 10.1. The highest BCUT2D eigenvalue weighted by molar-refractivity contribution is 6.03. The van der Waals surface area contributed by atoms with Crippen LogP contribution in [0.1, 0.15) is 56.8 Å². The predicted molar refractivity (Wildman–Crippen MR) is 128 cm³/mol. The van der Waals surface area contributed by atoms with Gasteiger partial charge in [0.2, 0.25) is 0 Å². The molecule has 0 saturated heterocycles. The van der Waals surface area contributed by atoms with Crippen LogP contribution in [0.5, 0.6) is 11.5 Å². The lowest BCUT2D eigenvalue weighted by atomic mass is 9.85. The quantitative estimate of drug-likeness (QED) is 0.0552. The van der Waals surface area contributed by atoms with E-state index in [1.807, 2.05) is 0 Å². The molecule has 0 radical (unpaired) electrons. The largest absolute Gasteiger partial charge is 0.490 e. The first-order chi connectivity index (χ1) is 21.5. The van der Waals surface area contributed by atoms with Crippen LogP contribution in [0.4, 0.5) is 84.7 Å². The van der Waals surface area contributed by atoms with E-state index >= 15 is 0 Å². The molecule has 0 aliphatic carbocycles. The Balaban J connectivity index is 3.36. The van der Waals surface area contributed by atoms with E-state index in [1.54, 1.807) is 0 Å². The Morgan fingerprint density at radius 2 is 0.939 bits per heavy atom. The summed E-state index contributed by atoms with van der Waals surface area (Å²) in [6, 6.07) is 0.740. The van der Waals surface area contributed by atoms with Crippen LogP contribution in [-0.4, -0.2) is 71.8 Å². The lowest BCUT2D eigenvalue weighted by Gasteiger charge is -2.33. The molecule has 1 aromatic carbocycles.